The Balaban J connectivity index is 2.33. The van der Waals surface area contributed by atoms with E-state index < -0.39 is 0 Å². The van der Waals surface area contributed by atoms with E-state index in [-0.39, 0.29) is 5.56 Å². The highest BCUT2D eigenvalue weighted by Crippen LogP contribution is 2.19. The molecule has 0 atom stereocenters. The summed E-state index contributed by atoms with van der Waals surface area (Å²) < 4.78 is 1.69. The lowest BCUT2D eigenvalue weighted by molar-refractivity contribution is 0.590. The van der Waals surface area contributed by atoms with E-state index in [0.29, 0.717) is 17.6 Å². The van der Waals surface area contributed by atoms with E-state index >= 15 is 0 Å². The van der Waals surface area contributed by atoms with Gasteiger partial charge in [-0.1, -0.05) is 25.5 Å². The van der Waals surface area contributed by atoms with Gasteiger partial charge in [-0.25, -0.2) is 4.98 Å². The van der Waals surface area contributed by atoms with Gasteiger partial charge in [0.15, 0.2) is 5.52 Å². The Labute approximate surface area is 122 Å². The van der Waals surface area contributed by atoms with Crippen LogP contribution in [0.1, 0.15) is 31.2 Å². The summed E-state index contributed by atoms with van der Waals surface area (Å²) in [6, 6.07) is 5.93. The van der Waals surface area contributed by atoms with E-state index in [0.717, 1.165) is 35.1 Å². The Kier molecular flexibility index (Phi) is 3.41. The van der Waals surface area contributed by atoms with Crippen molar-refractivity contribution in [2.24, 2.45) is 0 Å². The van der Waals surface area contributed by atoms with Crippen molar-refractivity contribution in [1.29, 1.82) is 0 Å². The summed E-state index contributed by atoms with van der Waals surface area (Å²) in [6.45, 7) is 6.66. The number of fused-ring (bicyclic) bond motifs is 3. The van der Waals surface area contributed by atoms with E-state index in [1.165, 1.54) is 0 Å². The molecule has 0 aliphatic carbocycles. The van der Waals surface area contributed by atoms with Crippen LogP contribution >= 0.6 is 0 Å². The van der Waals surface area contributed by atoms with Crippen LogP contribution in [0, 0.1) is 13.8 Å². The van der Waals surface area contributed by atoms with Crippen LogP contribution in [0.3, 0.4) is 0 Å². The zero-order valence-electron chi connectivity index (χ0n) is 12.6. The molecule has 3 rings (SSSR count). The van der Waals surface area contributed by atoms with Gasteiger partial charge in [-0.3, -0.25) is 9.36 Å². The van der Waals surface area contributed by atoms with Crippen molar-refractivity contribution in [3.05, 3.63) is 39.9 Å². The van der Waals surface area contributed by atoms with Crippen molar-refractivity contribution in [2.45, 2.75) is 40.2 Å². The Morgan fingerprint density at radius 3 is 2.71 bits per heavy atom. The number of aryl methyl sites for hydroxylation is 2. The molecule has 0 amide bonds. The number of unbranched alkanes of at least 4 members (excludes halogenated alkanes) is 1. The second-order valence-electron chi connectivity index (χ2n) is 5.39. The van der Waals surface area contributed by atoms with Crippen molar-refractivity contribution >= 4 is 21.9 Å². The third-order valence-corrected chi connectivity index (χ3v) is 3.74. The van der Waals surface area contributed by atoms with Gasteiger partial charge in [-0.05, 0) is 31.9 Å². The molecule has 5 heteroatoms. The van der Waals surface area contributed by atoms with Gasteiger partial charge in [0.25, 0.3) is 5.56 Å². The Morgan fingerprint density at radius 1 is 1.14 bits per heavy atom. The number of hydrogen-bond donors (Lipinski definition) is 0. The molecule has 0 aliphatic heterocycles. The molecule has 1 aromatic carbocycles. The molecule has 0 aliphatic rings. The molecule has 2 heterocycles. The van der Waals surface area contributed by atoms with Gasteiger partial charge in [0, 0.05) is 11.9 Å². The van der Waals surface area contributed by atoms with Gasteiger partial charge in [0.1, 0.15) is 11.3 Å². The predicted molar refractivity (Wildman–Crippen MR) is 83.5 cm³/mol. The van der Waals surface area contributed by atoms with Crippen LogP contribution in [0.5, 0.6) is 0 Å². The van der Waals surface area contributed by atoms with Crippen molar-refractivity contribution in [3.8, 4) is 0 Å². The van der Waals surface area contributed by atoms with Crippen LogP contribution in [0.2, 0.25) is 0 Å². The summed E-state index contributed by atoms with van der Waals surface area (Å²) in [5, 5.41) is 9.18. The van der Waals surface area contributed by atoms with Crippen molar-refractivity contribution in [2.75, 3.05) is 0 Å². The van der Waals surface area contributed by atoms with Gasteiger partial charge in [0.2, 0.25) is 0 Å². The fourth-order valence-corrected chi connectivity index (χ4v) is 2.54. The highest BCUT2D eigenvalue weighted by molar-refractivity contribution is 6.00. The molecule has 0 fully saturated rings. The molecule has 0 spiro atoms. The maximum Gasteiger partial charge on any atom is 0.281 e. The van der Waals surface area contributed by atoms with Crippen LogP contribution in [0.25, 0.3) is 21.9 Å². The second-order valence-corrected chi connectivity index (χ2v) is 5.39. The summed E-state index contributed by atoms with van der Waals surface area (Å²) in [5.41, 5.74) is 2.80. The molecular weight excluding hydrogens is 264 g/mol. The van der Waals surface area contributed by atoms with Crippen LogP contribution in [0.15, 0.2) is 23.0 Å². The van der Waals surface area contributed by atoms with Gasteiger partial charge in [0.05, 0.1) is 5.52 Å². The van der Waals surface area contributed by atoms with Gasteiger partial charge in [-0.15, -0.1) is 10.2 Å². The molecule has 0 saturated carbocycles. The monoisotopic (exact) mass is 282 g/mol. The highest BCUT2D eigenvalue weighted by atomic mass is 16.1. The Bertz CT molecular complexity index is 883. The quantitative estimate of drug-likeness (QED) is 0.693. The van der Waals surface area contributed by atoms with Gasteiger partial charge >= 0.3 is 0 Å². The minimum absolute atomic E-state index is 0.0964. The SMILES string of the molecule is CCCCn1c(C)nc2c(nnc3cc(C)ccc32)c1=O. The molecule has 0 radical (unpaired) electrons. The average Bonchev–Trinajstić information content (AvgIpc) is 2.46. The highest BCUT2D eigenvalue weighted by Gasteiger charge is 2.12. The summed E-state index contributed by atoms with van der Waals surface area (Å²) in [4.78, 5) is 17.2. The molecule has 5 nitrogen and oxygen atoms in total. The third-order valence-electron chi connectivity index (χ3n) is 3.74. The molecule has 108 valence electrons. The topological polar surface area (TPSA) is 60.7 Å². The minimum Gasteiger partial charge on any atom is -0.295 e. The first-order valence-electron chi connectivity index (χ1n) is 7.26. The van der Waals surface area contributed by atoms with Crippen molar-refractivity contribution in [3.63, 3.8) is 0 Å². The maximum absolute atomic E-state index is 12.6. The molecule has 21 heavy (non-hydrogen) atoms. The zero-order valence-corrected chi connectivity index (χ0v) is 12.6. The summed E-state index contributed by atoms with van der Waals surface area (Å²) in [6.07, 6.45) is 1.99. The van der Waals surface area contributed by atoms with Crippen LogP contribution < -0.4 is 5.56 Å². The van der Waals surface area contributed by atoms with Crippen LogP contribution in [-0.4, -0.2) is 19.7 Å². The molecular formula is C16H18N4O. The number of rotatable bonds is 3. The first-order chi connectivity index (χ1) is 10.1. The van der Waals surface area contributed by atoms with E-state index in [9.17, 15) is 4.79 Å². The second kappa shape index (κ2) is 5.24. The molecule has 0 unspecified atom stereocenters. The number of aromatic nitrogens is 4. The maximum atomic E-state index is 12.6. The normalized spacial score (nSPS) is 11.4. The van der Waals surface area contributed by atoms with E-state index in [1.54, 1.807) is 4.57 Å². The average molecular weight is 282 g/mol. The largest absolute Gasteiger partial charge is 0.295 e. The summed E-state index contributed by atoms with van der Waals surface area (Å²) in [7, 11) is 0. The summed E-state index contributed by atoms with van der Waals surface area (Å²) >= 11 is 0. The molecule has 0 saturated heterocycles. The van der Waals surface area contributed by atoms with Crippen LogP contribution in [0.4, 0.5) is 0 Å². The van der Waals surface area contributed by atoms with Gasteiger partial charge in [-0.2, -0.15) is 0 Å². The molecule has 2 aromatic heterocycles. The van der Waals surface area contributed by atoms with E-state index in [4.69, 9.17) is 0 Å². The van der Waals surface area contributed by atoms with Crippen LogP contribution in [-0.2, 0) is 6.54 Å². The number of hydrogen-bond acceptors (Lipinski definition) is 4. The van der Waals surface area contributed by atoms with E-state index in [1.807, 2.05) is 32.0 Å². The van der Waals surface area contributed by atoms with Gasteiger partial charge < -0.3 is 0 Å². The Morgan fingerprint density at radius 2 is 1.95 bits per heavy atom. The molecule has 0 bridgehead atoms. The predicted octanol–water partition coefficient (Wildman–Crippen LogP) is 2.76. The third kappa shape index (κ3) is 2.28. The fourth-order valence-electron chi connectivity index (χ4n) is 2.54. The smallest absolute Gasteiger partial charge is 0.281 e. The zero-order chi connectivity index (χ0) is 15.0. The first-order valence-corrected chi connectivity index (χ1v) is 7.26. The summed E-state index contributed by atoms with van der Waals surface area (Å²) in [5.74, 6) is 0.732. The molecule has 3 aromatic rings. The number of nitrogens with zero attached hydrogens (tertiary/aromatic N) is 4. The van der Waals surface area contributed by atoms with Crippen molar-refractivity contribution < 1.29 is 0 Å². The lowest BCUT2D eigenvalue weighted by Gasteiger charge is -2.10. The standard InChI is InChI=1S/C16H18N4O/c1-4-5-8-20-11(3)17-14-12-7-6-10(2)9-13(12)18-19-15(14)16(20)21/h6-7,9H,4-5,8H2,1-3H3. The number of benzene rings is 1. The lowest BCUT2D eigenvalue weighted by atomic mass is 10.1. The van der Waals surface area contributed by atoms with E-state index in [2.05, 4.69) is 22.1 Å². The molecule has 0 N–H and O–H groups in total. The lowest BCUT2D eigenvalue weighted by Crippen LogP contribution is -2.25. The Hall–Kier alpha value is -2.30. The van der Waals surface area contributed by atoms with Crippen molar-refractivity contribution in [1.82, 2.24) is 19.7 Å². The minimum atomic E-state index is -0.0964. The first kappa shape index (κ1) is 13.7. The fraction of sp³-hybridized carbons (Fsp3) is 0.375.